The molecule has 3 rings (SSSR count). The molecule has 1 aliphatic rings. The fraction of sp³-hybridized carbons (Fsp3) is 0.500. The first kappa shape index (κ1) is 12.7. The first-order valence-electron chi connectivity index (χ1n) is 7.19. The van der Waals surface area contributed by atoms with E-state index in [1.807, 2.05) is 12.1 Å². The van der Waals surface area contributed by atoms with E-state index in [4.69, 9.17) is 4.42 Å². The van der Waals surface area contributed by atoms with Gasteiger partial charge in [-0.2, -0.15) is 0 Å². The van der Waals surface area contributed by atoms with Crippen LogP contribution in [-0.2, 0) is 6.42 Å². The van der Waals surface area contributed by atoms with E-state index in [1.165, 1.54) is 44.5 Å². The topological polar surface area (TPSA) is 19.6 Å². The van der Waals surface area contributed by atoms with Gasteiger partial charge in [0.05, 0.1) is 0 Å². The second-order valence-corrected chi connectivity index (χ2v) is 5.50. The zero-order valence-corrected chi connectivity index (χ0v) is 11.6. The summed E-state index contributed by atoms with van der Waals surface area (Å²) in [7, 11) is 2.20. The van der Waals surface area contributed by atoms with Gasteiger partial charge in [0, 0.05) is 38.0 Å². The highest BCUT2D eigenvalue weighted by Crippen LogP contribution is 2.19. The van der Waals surface area contributed by atoms with Crippen molar-refractivity contribution in [1.82, 2.24) is 9.80 Å². The Morgan fingerprint density at radius 1 is 1.11 bits per heavy atom. The van der Waals surface area contributed by atoms with Gasteiger partial charge in [0.2, 0.25) is 0 Å². The largest absolute Gasteiger partial charge is 0.461 e. The van der Waals surface area contributed by atoms with Crippen molar-refractivity contribution in [1.29, 1.82) is 0 Å². The SMILES string of the molecule is CN1CCN(CCCc2cc3ccccc3o2)CC1. The van der Waals surface area contributed by atoms with Crippen molar-refractivity contribution < 1.29 is 4.42 Å². The normalized spacial score (nSPS) is 18.2. The van der Waals surface area contributed by atoms with Crippen molar-refractivity contribution in [2.24, 2.45) is 0 Å². The highest BCUT2D eigenvalue weighted by molar-refractivity contribution is 5.77. The monoisotopic (exact) mass is 258 g/mol. The number of likely N-dealkylation sites (N-methyl/N-ethyl adjacent to an activating group) is 1. The van der Waals surface area contributed by atoms with Crippen LogP contribution < -0.4 is 0 Å². The summed E-state index contributed by atoms with van der Waals surface area (Å²) in [5.41, 5.74) is 1.01. The zero-order valence-electron chi connectivity index (χ0n) is 11.6. The van der Waals surface area contributed by atoms with Crippen LogP contribution in [0.2, 0.25) is 0 Å². The lowest BCUT2D eigenvalue weighted by Crippen LogP contribution is -2.44. The van der Waals surface area contributed by atoms with E-state index in [0.29, 0.717) is 0 Å². The maximum atomic E-state index is 5.85. The number of para-hydroxylation sites is 1. The predicted molar refractivity (Wildman–Crippen MR) is 78.5 cm³/mol. The van der Waals surface area contributed by atoms with E-state index >= 15 is 0 Å². The average Bonchev–Trinajstić information content (AvgIpc) is 2.83. The van der Waals surface area contributed by atoms with Gasteiger partial charge in [-0.1, -0.05) is 18.2 Å². The van der Waals surface area contributed by atoms with Gasteiger partial charge in [0.1, 0.15) is 11.3 Å². The van der Waals surface area contributed by atoms with Crippen molar-refractivity contribution in [3.63, 3.8) is 0 Å². The molecule has 1 fully saturated rings. The van der Waals surface area contributed by atoms with Gasteiger partial charge in [-0.25, -0.2) is 0 Å². The molecule has 0 N–H and O–H groups in total. The Hall–Kier alpha value is -1.32. The molecule has 0 spiro atoms. The number of piperazine rings is 1. The second kappa shape index (κ2) is 5.76. The number of benzene rings is 1. The lowest BCUT2D eigenvalue weighted by Gasteiger charge is -2.32. The van der Waals surface area contributed by atoms with Crippen LogP contribution in [0.1, 0.15) is 12.2 Å². The van der Waals surface area contributed by atoms with Gasteiger partial charge >= 0.3 is 0 Å². The van der Waals surface area contributed by atoms with Gasteiger partial charge < -0.3 is 14.2 Å². The van der Waals surface area contributed by atoms with E-state index in [-0.39, 0.29) is 0 Å². The summed E-state index contributed by atoms with van der Waals surface area (Å²) >= 11 is 0. The van der Waals surface area contributed by atoms with Gasteiger partial charge in [-0.05, 0) is 32.1 Å². The molecular formula is C16H22N2O. The van der Waals surface area contributed by atoms with Crippen molar-refractivity contribution in [2.45, 2.75) is 12.8 Å². The molecule has 0 aliphatic carbocycles. The van der Waals surface area contributed by atoms with Crippen LogP contribution in [-0.4, -0.2) is 49.6 Å². The van der Waals surface area contributed by atoms with E-state index in [0.717, 1.165) is 17.8 Å². The quantitative estimate of drug-likeness (QED) is 0.840. The molecule has 102 valence electrons. The van der Waals surface area contributed by atoms with Crippen LogP contribution in [0.5, 0.6) is 0 Å². The Labute approximate surface area is 114 Å². The fourth-order valence-corrected chi connectivity index (χ4v) is 2.71. The molecule has 3 heteroatoms. The molecule has 0 unspecified atom stereocenters. The minimum Gasteiger partial charge on any atom is -0.461 e. The van der Waals surface area contributed by atoms with Crippen LogP contribution in [0.25, 0.3) is 11.0 Å². The molecule has 2 heterocycles. The molecule has 0 saturated carbocycles. The Kier molecular flexibility index (Phi) is 3.85. The van der Waals surface area contributed by atoms with Crippen molar-refractivity contribution >= 4 is 11.0 Å². The number of rotatable bonds is 4. The van der Waals surface area contributed by atoms with Crippen LogP contribution in [0, 0.1) is 0 Å². The number of fused-ring (bicyclic) bond motifs is 1. The predicted octanol–water partition coefficient (Wildman–Crippen LogP) is 2.61. The first-order chi connectivity index (χ1) is 9.31. The molecule has 0 bridgehead atoms. The van der Waals surface area contributed by atoms with Gasteiger partial charge in [0.25, 0.3) is 0 Å². The lowest BCUT2D eigenvalue weighted by molar-refractivity contribution is 0.152. The standard InChI is InChI=1S/C16H22N2O/c1-17-9-11-18(12-10-17)8-4-6-15-13-14-5-2-3-7-16(14)19-15/h2-3,5,7,13H,4,6,8-12H2,1H3. The number of aryl methyl sites for hydroxylation is 1. The van der Waals surface area contributed by atoms with E-state index < -0.39 is 0 Å². The third-order valence-corrected chi connectivity index (χ3v) is 3.97. The van der Waals surface area contributed by atoms with Crippen LogP contribution in [0.3, 0.4) is 0 Å². The number of nitrogens with zero attached hydrogens (tertiary/aromatic N) is 2. The summed E-state index contributed by atoms with van der Waals surface area (Å²) in [5.74, 6) is 1.12. The Morgan fingerprint density at radius 2 is 1.89 bits per heavy atom. The van der Waals surface area contributed by atoms with Gasteiger partial charge in [-0.3, -0.25) is 0 Å². The highest BCUT2D eigenvalue weighted by Gasteiger charge is 2.13. The molecule has 19 heavy (non-hydrogen) atoms. The van der Waals surface area contributed by atoms with Crippen LogP contribution in [0.4, 0.5) is 0 Å². The molecule has 1 saturated heterocycles. The van der Waals surface area contributed by atoms with Crippen molar-refractivity contribution in [3.8, 4) is 0 Å². The lowest BCUT2D eigenvalue weighted by atomic mass is 10.2. The summed E-state index contributed by atoms with van der Waals surface area (Å²) in [6.45, 7) is 5.99. The molecule has 1 aromatic heterocycles. The molecule has 1 aliphatic heterocycles. The van der Waals surface area contributed by atoms with Crippen LogP contribution in [0.15, 0.2) is 34.7 Å². The maximum absolute atomic E-state index is 5.85. The molecule has 0 atom stereocenters. The van der Waals surface area contributed by atoms with Crippen molar-refractivity contribution in [2.75, 3.05) is 39.8 Å². The summed E-state index contributed by atoms with van der Waals surface area (Å²) in [6.07, 6.45) is 2.23. The Bertz CT molecular complexity index is 493. The van der Waals surface area contributed by atoms with E-state index in [1.54, 1.807) is 0 Å². The Morgan fingerprint density at radius 3 is 2.68 bits per heavy atom. The number of furan rings is 1. The number of hydrogen-bond acceptors (Lipinski definition) is 3. The summed E-state index contributed by atoms with van der Waals surface area (Å²) < 4.78 is 5.85. The maximum Gasteiger partial charge on any atom is 0.134 e. The van der Waals surface area contributed by atoms with Crippen molar-refractivity contribution in [3.05, 3.63) is 36.1 Å². The van der Waals surface area contributed by atoms with Gasteiger partial charge in [0.15, 0.2) is 0 Å². The number of hydrogen-bond donors (Lipinski definition) is 0. The molecular weight excluding hydrogens is 236 g/mol. The Balaban J connectivity index is 1.49. The van der Waals surface area contributed by atoms with E-state index in [9.17, 15) is 0 Å². The fourth-order valence-electron chi connectivity index (χ4n) is 2.71. The molecule has 2 aromatic rings. The second-order valence-electron chi connectivity index (χ2n) is 5.50. The third kappa shape index (κ3) is 3.17. The zero-order chi connectivity index (χ0) is 13.1. The third-order valence-electron chi connectivity index (χ3n) is 3.97. The smallest absolute Gasteiger partial charge is 0.134 e. The summed E-state index contributed by atoms with van der Waals surface area (Å²) in [5, 5.41) is 1.22. The van der Waals surface area contributed by atoms with Crippen LogP contribution >= 0.6 is 0 Å². The molecule has 3 nitrogen and oxygen atoms in total. The molecule has 1 aromatic carbocycles. The molecule has 0 amide bonds. The van der Waals surface area contributed by atoms with Gasteiger partial charge in [-0.15, -0.1) is 0 Å². The van der Waals surface area contributed by atoms with E-state index in [2.05, 4.69) is 35.0 Å². The summed E-state index contributed by atoms with van der Waals surface area (Å²) in [6, 6.07) is 10.4. The summed E-state index contributed by atoms with van der Waals surface area (Å²) in [4.78, 5) is 4.96. The first-order valence-corrected chi connectivity index (χ1v) is 7.19. The minimum atomic E-state index is 1.01. The average molecular weight is 258 g/mol. The highest BCUT2D eigenvalue weighted by atomic mass is 16.3. The minimum absolute atomic E-state index is 1.01. The molecule has 0 radical (unpaired) electrons.